The van der Waals surface area contributed by atoms with Gasteiger partial charge in [0.15, 0.2) is 5.82 Å². The van der Waals surface area contributed by atoms with E-state index in [0.29, 0.717) is 11.6 Å². The lowest BCUT2D eigenvalue weighted by molar-refractivity contribution is -0.115. The Kier molecular flexibility index (Phi) is 6.46. The van der Waals surface area contributed by atoms with Crippen molar-refractivity contribution in [2.45, 2.75) is 19.3 Å². The molecule has 0 unspecified atom stereocenters. The van der Waals surface area contributed by atoms with Crippen LogP contribution in [0.2, 0.25) is 0 Å². The Morgan fingerprint density at radius 1 is 0.852 bits per heavy atom. The van der Waals surface area contributed by atoms with Gasteiger partial charge >= 0.3 is 0 Å². The fraction of sp³-hybridized carbons (Fsp3) is 0.190. The highest BCUT2D eigenvalue weighted by Crippen LogP contribution is 2.09. The second-order valence-electron chi connectivity index (χ2n) is 6.17. The topological polar surface area (TPSA) is 66.9 Å². The van der Waals surface area contributed by atoms with Gasteiger partial charge in [-0.05, 0) is 48.2 Å². The van der Waals surface area contributed by atoms with Gasteiger partial charge < -0.3 is 10.6 Å². The number of hydrogen-bond donors (Lipinski definition) is 2. The first-order valence-electron chi connectivity index (χ1n) is 8.85. The van der Waals surface area contributed by atoms with Crippen molar-refractivity contribution in [2.75, 3.05) is 17.2 Å². The van der Waals surface area contributed by atoms with Crippen LogP contribution in [-0.4, -0.2) is 22.6 Å². The van der Waals surface area contributed by atoms with Crippen LogP contribution < -0.4 is 10.6 Å². The molecule has 2 N–H and O–H groups in total. The van der Waals surface area contributed by atoms with Crippen LogP contribution in [0.25, 0.3) is 0 Å². The molecule has 0 aliphatic heterocycles. The molecule has 0 fully saturated rings. The Morgan fingerprint density at radius 3 is 2.26 bits per heavy atom. The van der Waals surface area contributed by atoms with E-state index in [1.807, 2.05) is 18.2 Å². The summed E-state index contributed by atoms with van der Waals surface area (Å²) < 4.78 is 12.9. The molecule has 1 amide bonds. The van der Waals surface area contributed by atoms with Gasteiger partial charge in [0, 0.05) is 6.54 Å². The van der Waals surface area contributed by atoms with Crippen LogP contribution in [0, 0.1) is 5.82 Å². The molecule has 1 aromatic heterocycles. The van der Waals surface area contributed by atoms with Gasteiger partial charge in [-0.25, -0.2) is 4.39 Å². The van der Waals surface area contributed by atoms with Crippen LogP contribution in [0.1, 0.15) is 17.5 Å². The van der Waals surface area contributed by atoms with Gasteiger partial charge in [-0.2, -0.15) is 0 Å². The van der Waals surface area contributed by atoms with E-state index in [9.17, 15) is 9.18 Å². The van der Waals surface area contributed by atoms with E-state index in [0.717, 1.165) is 24.9 Å². The lowest BCUT2D eigenvalue weighted by Crippen LogP contribution is -2.16. The van der Waals surface area contributed by atoms with E-state index in [1.54, 1.807) is 24.3 Å². The van der Waals surface area contributed by atoms with Crippen molar-refractivity contribution in [2.24, 2.45) is 0 Å². The lowest BCUT2D eigenvalue weighted by Gasteiger charge is -2.07. The maximum Gasteiger partial charge on any atom is 0.229 e. The number of amides is 1. The normalized spacial score (nSPS) is 10.4. The summed E-state index contributed by atoms with van der Waals surface area (Å²) in [7, 11) is 0. The number of nitrogens with zero attached hydrogens (tertiary/aromatic N) is 2. The first kappa shape index (κ1) is 18.5. The Balaban J connectivity index is 1.41. The third kappa shape index (κ3) is 6.18. The predicted octanol–water partition coefficient (Wildman–Crippen LogP) is 3.84. The number of hydrogen-bond acceptors (Lipinski definition) is 4. The molecular weight excluding hydrogens is 343 g/mol. The van der Waals surface area contributed by atoms with Crippen molar-refractivity contribution >= 4 is 17.5 Å². The number of benzene rings is 2. The summed E-state index contributed by atoms with van der Waals surface area (Å²) in [6, 6.07) is 19.6. The second-order valence-corrected chi connectivity index (χ2v) is 6.17. The molecule has 6 heteroatoms. The SMILES string of the molecule is O=C(Cc1ccc(F)cc1)Nc1ccc(NCCCc2ccccc2)nn1. The molecule has 27 heavy (non-hydrogen) atoms. The molecule has 1 heterocycles. The zero-order valence-electron chi connectivity index (χ0n) is 14.9. The van der Waals surface area contributed by atoms with Crippen LogP contribution >= 0.6 is 0 Å². The summed E-state index contributed by atoms with van der Waals surface area (Å²) in [5, 5.41) is 14.0. The minimum Gasteiger partial charge on any atom is -0.369 e. The molecule has 2 aromatic carbocycles. The van der Waals surface area contributed by atoms with E-state index in [1.165, 1.54) is 17.7 Å². The van der Waals surface area contributed by atoms with Gasteiger partial charge in [-0.1, -0.05) is 42.5 Å². The number of nitrogens with one attached hydrogen (secondary N) is 2. The van der Waals surface area contributed by atoms with E-state index >= 15 is 0 Å². The molecule has 0 saturated heterocycles. The molecule has 138 valence electrons. The molecular formula is C21H21FN4O. The standard InChI is InChI=1S/C21H21FN4O/c22-18-10-8-17(9-11-18)15-21(27)24-20-13-12-19(25-26-20)23-14-4-7-16-5-2-1-3-6-16/h1-3,5-6,8-13H,4,7,14-15H2,(H,23,25)(H,24,26,27). The van der Waals surface area contributed by atoms with Crippen LogP contribution in [0.5, 0.6) is 0 Å². The summed E-state index contributed by atoms with van der Waals surface area (Å²) >= 11 is 0. The number of carbonyl (C=O) groups is 1. The van der Waals surface area contributed by atoms with Crippen LogP contribution in [-0.2, 0) is 17.6 Å². The predicted molar refractivity (Wildman–Crippen MR) is 104 cm³/mol. The van der Waals surface area contributed by atoms with Crippen LogP contribution in [0.4, 0.5) is 16.0 Å². The van der Waals surface area contributed by atoms with E-state index in [-0.39, 0.29) is 18.1 Å². The highest BCUT2D eigenvalue weighted by molar-refractivity contribution is 5.91. The van der Waals surface area contributed by atoms with Gasteiger partial charge in [0.2, 0.25) is 5.91 Å². The first-order chi connectivity index (χ1) is 13.2. The number of carbonyl (C=O) groups excluding carboxylic acids is 1. The first-order valence-corrected chi connectivity index (χ1v) is 8.85. The second kappa shape index (κ2) is 9.43. The summed E-state index contributed by atoms with van der Waals surface area (Å²) in [5.74, 6) is 0.507. The molecule has 0 spiro atoms. The summed E-state index contributed by atoms with van der Waals surface area (Å²) in [6.45, 7) is 0.792. The Morgan fingerprint density at radius 2 is 1.56 bits per heavy atom. The third-order valence-electron chi connectivity index (χ3n) is 4.00. The van der Waals surface area contributed by atoms with Crippen molar-refractivity contribution in [3.05, 3.63) is 83.7 Å². The minimum atomic E-state index is -0.322. The number of aryl methyl sites for hydroxylation is 1. The van der Waals surface area contributed by atoms with Gasteiger partial charge in [-0.3, -0.25) is 4.79 Å². The zero-order chi connectivity index (χ0) is 18.9. The van der Waals surface area contributed by atoms with Crippen molar-refractivity contribution in [1.29, 1.82) is 0 Å². The maximum atomic E-state index is 12.9. The average molecular weight is 364 g/mol. The molecule has 3 aromatic rings. The fourth-order valence-corrected chi connectivity index (χ4v) is 2.62. The smallest absolute Gasteiger partial charge is 0.229 e. The highest BCUT2D eigenvalue weighted by atomic mass is 19.1. The van der Waals surface area contributed by atoms with Crippen molar-refractivity contribution < 1.29 is 9.18 Å². The summed E-state index contributed by atoms with van der Waals surface area (Å²) in [5.41, 5.74) is 2.04. The lowest BCUT2D eigenvalue weighted by atomic mass is 10.1. The Labute approximate surface area is 157 Å². The molecule has 0 bridgehead atoms. The number of aromatic nitrogens is 2. The number of rotatable bonds is 8. The average Bonchev–Trinajstić information content (AvgIpc) is 2.69. The molecule has 0 atom stereocenters. The van der Waals surface area contributed by atoms with Gasteiger partial charge in [0.1, 0.15) is 11.6 Å². The number of anilines is 2. The fourth-order valence-electron chi connectivity index (χ4n) is 2.62. The molecule has 0 aliphatic carbocycles. The highest BCUT2D eigenvalue weighted by Gasteiger charge is 2.06. The van der Waals surface area contributed by atoms with Crippen LogP contribution in [0.15, 0.2) is 66.7 Å². The van der Waals surface area contributed by atoms with Gasteiger partial charge in [0.25, 0.3) is 0 Å². The molecule has 0 saturated carbocycles. The van der Waals surface area contributed by atoms with Crippen molar-refractivity contribution in [3.63, 3.8) is 0 Å². The van der Waals surface area contributed by atoms with E-state index < -0.39 is 0 Å². The zero-order valence-corrected chi connectivity index (χ0v) is 14.9. The summed E-state index contributed by atoms with van der Waals surface area (Å²) in [4.78, 5) is 12.0. The summed E-state index contributed by atoms with van der Waals surface area (Å²) in [6.07, 6.45) is 2.14. The minimum absolute atomic E-state index is 0.154. The van der Waals surface area contributed by atoms with Crippen molar-refractivity contribution in [3.8, 4) is 0 Å². The largest absolute Gasteiger partial charge is 0.369 e. The van der Waals surface area contributed by atoms with Crippen LogP contribution in [0.3, 0.4) is 0 Å². The van der Waals surface area contributed by atoms with E-state index in [2.05, 4.69) is 33.0 Å². The Bertz CT molecular complexity index is 852. The maximum absolute atomic E-state index is 12.9. The van der Waals surface area contributed by atoms with Crippen molar-refractivity contribution in [1.82, 2.24) is 10.2 Å². The van der Waals surface area contributed by atoms with Gasteiger partial charge in [-0.15, -0.1) is 10.2 Å². The Hall–Kier alpha value is -3.28. The molecule has 0 radical (unpaired) electrons. The quantitative estimate of drug-likeness (QED) is 0.596. The monoisotopic (exact) mass is 364 g/mol. The van der Waals surface area contributed by atoms with Gasteiger partial charge in [0.05, 0.1) is 6.42 Å². The van der Waals surface area contributed by atoms with E-state index in [4.69, 9.17) is 0 Å². The molecule has 0 aliphatic rings. The molecule has 3 rings (SSSR count). The molecule has 5 nitrogen and oxygen atoms in total. The third-order valence-corrected chi connectivity index (χ3v) is 4.00. The number of halogens is 1.